The van der Waals surface area contributed by atoms with E-state index in [1.165, 1.54) is 6.39 Å². The first-order valence-electron chi connectivity index (χ1n) is 3.88. The molecule has 0 radical (unpaired) electrons. The first kappa shape index (κ1) is 7.94. The van der Waals surface area contributed by atoms with Gasteiger partial charge in [0, 0.05) is 0 Å². The number of fused-ring (bicyclic) bond motifs is 1. The van der Waals surface area contributed by atoms with E-state index in [9.17, 15) is 4.79 Å². The highest BCUT2D eigenvalue weighted by atomic mass is 16.3. The van der Waals surface area contributed by atoms with E-state index in [0.29, 0.717) is 16.7 Å². The van der Waals surface area contributed by atoms with Crippen molar-refractivity contribution in [2.24, 2.45) is 5.73 Å². The van der Waals surface area contributed by atoms with Crippen molar-refractivity contribution in [3.8, 4) is 0 Å². The highest BCUT2D eigenvalue weighted by Gasteiger charge is 2.10. The Bertz CT molecular complexity index is 448. The molecule has 0 atom stereocenters. The summed E-state index contributed by atoms with van der Waals surface area (Å²) in [7, 11) is 0. The second kappa shape index (κ2) is 2.99. The first-order chi connectivity index (χ1) is 6.33. The topological polar surface area (TPSA) is 69.1 Å². The molecule has 0 saturated heterocycles. The predicted octanol–water partition coefficient (Wildman–Crippen LogP) is 0.969. The second-order valence-electron chi connectivity index (χ2n) is 2.63. The number of rotatable bonds is 2. The van der Waals surface area contributed by atoms with E-state index >= 15 is 0 Å². The molecule has 0 spiro atoms. The number of carbonyl (C=O) groups excluding carboxylic acids is 1. The molecule has 0 aliphatic carbocycles. The normalized spacial score (nSPS) is 10.5. The lowest BCUT2D eigenvalue weighted by molar-refractivity contribution is 0.100. The fourth-order valence-electron chi connectivity index (χ4n) is 1.22. The number of ketones is 1. The van der Waals surface area contributed by atoms with Gasteiger partial charge in [-0.1, -0.05) is 6.07 Å². The van der Waals surface area contributed by atoms with Crippen molar-refractivity contribution in [1.29, 1.82) is 0 Å². The van der Waals surface area contributed by atoms with Gasteiger partial charge in [-0.15, -0.1) is 0 Å². The van der Waals surface area contributed by atoms with Crippen molar-refractivity contribution in [2.45, 2.75) is 0 Å². The van der Waals surface area contributed by atoms with E-state index < -0.39 is 0 Å². The summed E-state index contributed by atoms with van der Waals surface area (Å²) in [5, 5.41) is 0. The molecular formula is C9H8N2O2. The Morgan fingerprint density at radius 3 is 3.15 bits per heavy atom. The molecule has 0 unspecified atom stereocenters. The summed E-state index contributed by atoms with van der Waals surface area (Å²) in [4.78, 5) is 15.2. The number of nitrogens with two attached hydrogens (primary N) is 1. The SMILES string of the molecule is NCC(=O)c1cccc2ncoc12. The molecule has 4 nitrogen and oxygen atoms in total. The number of carbonyl (C=O) groups is 1. The second-order valence-corrected chi connectivity index (χ2v) is 2.63. The van der Waals surface area contributed by atoms with Gasteiger partial charge < -0.3 is 10.2 Å². The fourth-order valence-corrected chi connectivity index (χ4v) is 1.22. The van der Waals surface area contributed by atoms with Crippen LogP contribution in [0.25, 0.3) is 11.1 Å². The molecule has 0 saturated carbocycles. The standard InChI is InChI=1S/C9H8N2O2/c10-4-8(12)6-2-1-3-7-9(6)13-5-11-7/h1-3,5H,4,10H2. The van der Waals surface area contributed by atoms with E-state index in [1.54, 1.807) is 18.2 Å². The average Bonchev–Trinajstić information content (AvgIpc) is 2.63. The van der Waals surface area contributed by atoms with Gasteiger partial charge in [0.05, 0.1) is 12.1 Å². The largest absolute Gasteiger partial charge is 0.443 e. The molecule has 0 aliphatic heterocycles. The van der Waals surface area contributed by atoms with Crippen LogP contribution in [0.15, 0.2) is 29.0 Å². The Hall–Kier alpha value is -1.68. The maximum Gasteiger partial charge on any atom is 0.182 e. The molecule has 4 heteroatoms. The Kier molecular flexibility index (Phi) is 1.83. The van der Waals surface area contributed by atoms with E-state index in [4.69, 9.17) is 10.2 Å². The van der Waals surface area contributed by atoms with Crippen LogP contribution >= 0.6 is 0 Å². The number of Topliss-reactive ketones (excluding diaryl/α,β-unsaturated/α-hetero) is 1. The zero-order chi connectivity index (χ0) is 9.26. The van der Waals surface area contributed by atoms with E-state index in [2.05, 4.69) is 4.98 Å². The lowest BCUT2D eigenvalue weighted by Gasteiger charge is -1.96. The van der Waals surface area contributed by atoms with Crippen molar-refractivity contribution in [2.75, 3.05) is 6.54 Å². The van der Waals surface area contributed by atoms with Crippen LogP contribution in [0.2, 0.25) is 0 Å². The molecule has 1 heterocycles. The van der Waals surface area contributed by atoms with Gasteiger partial charge in [0.15, 0.2) is 17.8 Å². The number of para-hydroxylation sites is 1. The minimum atomic E-state index is -0.137. The highest BCUT2D eigenvalue weighted by Crippen LogP contribution is 2.17. The van der Waals surface area contributed by atoms with Crippen LogP contribution in [0, 0.1) is 0 Å². The Balaban J connectivity index is 2.67. The van der Waals surface area contributed by atoms with Crippen LogP contribution in [-0.4, -0.2) is 17.3 Å². The molecule has 66 valence electrons. The number of benzene rings is 1. The average molecular weight is 176 g/mol. The third-order valence-corrected chi connectivity index (χ3v) is 1.84. The maximum atomic E-state index is 11.3. The van der Waals surface area contributed by atoms with Crippen LogP contribution < -0.4 is 5.73 Å². The van der Waals surface area contributed by atoms with Crippen LogP contribution in [0.4, 0.5) is 0 Å². The van der Waals surface area contributed by atoms with Crippen molar-refractivity contribution in [3.05, 3.63) is 30.2 Å². The number of hydrogen-bond donors (Lipinski definition) is 1. The van der Waals surface area contributed by atoms with Gasteiger partial charge in [0.1, 0.15) is 5.52 Å². The summed E-state index contributed by atoms with van der Waals surface area (Å²) in [5.74, 6) is -0.137. The van der Waals surface area contributed by atoms with Crippen molar-refractivity contribution >= 4 is 16.9 Å². The molecule has 1 aromatic carbocycles. The summed E-state index contributed by atoms with van der Waals surface area (Å²) < 4.78 is 5.08. The van der Waals surface area contributed by atoms with E-state index in [0.717, 1.165) is 0 Å². The van der Waals surface area contributed by atoms with Crippen molar-refractivity contribution in [1.82, 2.24) is 4.98 Å². The molecule has 13 heavy (non-hydrogen) atoms. The molecule has 0 amide bonds. The van der Waals surface area contributed by atoms with Crippen LogP contribution in [0.5, 0.6) is 0 Å². The summed E-state index contributed by atoms with van der Waals surface area (Å²) in [6.45, 7) is -0.0141. The van der Waals surface area contributed by atoms with Crippen molar-refractivity contribution in [3.63, 3.8) is 0 Å². The molecule has 0 aliphatic rings. The van der Waals surface area contributed by atoms with Gasteiger partial charge in [0.25, 0.3) is 0 Å². The smallest absolute Gasteiger partial charge is 0.182 e. The summed E-state index contributed by atoms with van der Waals surface area (Å²) in [6, 6.07) is 5.22. The van der Waals surface area contributed by atoms with Gasteiger partial charge in [-0.25, -0.2) is 4.98 Å². The predicted molar refractivity (Wildman–Crippen MR) is 47.4 cm³/mol. The Morgan fingerprint density at radius 1 is 1.54 bits per heavy atom. The first-order valence-corrected chi connectivity index (χ1v) is 3.88. The number of oxazole rings is 1. The lowest BCUT2D eigenvalue weighted by atomic mass is 10.1. The van der Waals surface area contributed by atoms with Crippen LogP contribution in [-0.2, 0) is 0 Å². The van der Waals surface area contributed by atoms with Crippen LogP contribution in [0.3, 0.4) is 0 Å². The Morgan fingerprint density at radius 2 is 2.38 bits per heavy atom. The molecule has 2 rings (SSSR count). The van der Waals surface area contributed by atoms with Gasteiger partial charge >= 0.3 is 0 Å². The summed E-state index contributed by atoms with van der Waals surface area (Å²) in [5.41, 5.74) is 6.94. The monoisotopic (exact) mass is 176 g/mol. The molecular weight excluding hydrogens is 168 g/mol. The number of aromatic nitrogens is 1. The number of hydrogen-bond acceptors (Lipinski definition) is 4. The van der Waals surface area contributed by atoms with E-state index in [1.807, 2.05) is 0 Å². The summed E-state index contributed by atoms with van der Waals surface area (Å²) >= 11 is 0. The summed E-state index contributed by atoms with van der Waals surface area (Å²) in [6.07, 6.45) is 1.32. The van der Waals surface area contributed by atoms with Gasteiger partial charge in [-0.2, -0.15) is 0 Å². The molecule has 0 fully saturated rings. The molecule has 2 N–H and O–H groups in total. The van der Waals surface area contributed by atoms with Gasteiger partial charge in [0.2, 0.25) is 0 Å². The lowest BCUT2D eigenvalue weighted by Crippen LogP contribution is -2.13. The van der Waals surface area contributed by atoms with Crippen LogP contribution in [0.1, 0.15) is 10.4 Å². The van der Waals surface area contributed by atoms with Gasteiger partial charge in [-0.3, -0.25) is 4.79 Å². The zero-order valence-corrected chi connectivity index (χ0v) is 6.86. The molecule has 0 bridgehead atoms. The third-order valence-electron chi connectivity index (χ3n) is 1.84. The maximum absolute atomic E-state index is 11.3. The van der Waals surface area contributed by atoms with Gasteiger partial charge in [-0.05, 0) is 12.1 Å². The quantitative estimate of drug-likeness (QED) is 0.692. The highest BCUT2D eigenvalue weighted by molar-refractivity contribution is 6.06. The molecule has 1 aromatic heterocycles. The zero-order valence-electron chi connectivity index (χ0n) is 6.86. The number of nitrogens with zero attached hydrogens (tertiary/aromatic N) is 1. The van der Waals surface area contributed by atoms with Crippen molar-refractivity contribution < 1.29 is 9.21 Å². The molecule has 2 aromatic rings. The minimum absolute atomic E-state index is 0.0141. The Labute approximate surface area is 74.4 Å². The fraction of sp³-hybridized carbons (Fsp3) is 0.111. The minimum Gasteiger partial charge on any atom is -0.443 e. The third kappa shape index (κ3) is 1.21. The van der Waals surface area contributed by atoms with E-state index in [-0.39, 0.29) is 12.3 Å².